The van der Waals surface area contributed by atoms with E-state index in [0.29, 0.717) is 0 Å². The number of halogens is 1. The molecule has 0 N–H and O–H groups in total. The molecule has 0 fully saturated rings. The lowest BCUT2D eigenvalue weighted by atomic mass is 10.1. The van der Waals surface area contributed by atoms with Gasteiger partial charge in [-0.05, 0) is 18.1 Å². The lowest BCUT2D eigenvalue weighted by molar-refractivity contribution is 0.607. The van der Waals surface area contributed by atoms with Gasteiger partial charge in [-0.2, -0.15) is 0 Å². The molecular weight excluding hydrogens is 175 g/mol. The first-order valence-electron chi connectivity index (χ1n) is 5.58. The number of benzene rings is 1. The van der Waals surface area contributed by atoms with Crippen molar-refractivity contribution in [3.05, 3.63) is 35.6 Å². The minimum atomic E-state index is -0.0793. The highest BCUT2D eigenvalue weighted by atomic mass is 19.1. The number of hydrogen-bond donors (Lipinski definition) is 0. The lowest BCUT2D eigenvalue weighted by Gasteiger charge is -1.97. The van der Waals surface area contributed by atoms with E-state index in [9.17, 15) is 4.39 Å². The monoisotopic (exact) mass is 198 g/mol. The quantitative estimate of drug-likeness (QED) is 0.638. The van der Waals surface area contributed by atoms with Crippen LogP contribution in [0.1, 0.15) is 46.6 Å². The highest BCUT2D eigenvalue weighted by Crippen LogP contribution is 2.07. The van der Waals surface area contributed by atoms with Crippen LogP contribution >= 0.6 is 0 Å². The summed E-state index contributed by atoms with van der Waals surface area (Å²) >= 11 is 0. The first-order valence-corrected chi connectivity index (χ1v) is 5.58. The van der Waals surface area contributed by atoms with Crippen LogP contribution < -0.4 is 0 Å². The van der Waals surface area contributed by atoms with E-state index in [2.05, 4.69) is 0 Å². The molecule has 0 aliphatic heterocycles. The van der Waals surface area contributed by atoms with E-state index in [1.54, 1.807) is 6.07 Å². The van der Waals surface area contributed by atoms with Gasteiger partial charge in [0.2, 0.25) is 0 Å². The highest BCUT2D eigenvalue weighted by Gasteiger charge is 1.96. The molecule has 0 radical (unpaired) electrons. The van der Waals surface area contributed by atoms with Crippen molar-refractivity contribution in [3.8, 4) is 0 Å². The second-order valence-electron chi connectivity index (χ2n) is 2.34. The van der Waals surface area contributed by atoms with Crippen LogP contribution in [0, 0.1) is 5.82 Å². The summed E-state index contributed by atoms with van der Waals surface area (Å²) in [6, 6.07) is 6.92. The topological polar surface area (TPSA) is 0 Å². The Bertz CT molecular complexity index is 206. The number of rotatable bonds is 2. The molecule has 1 rings (SSSR count). The summed E-state index contributed by atoms with van der Waals surface area (Å²) in [6.45, 7) is 10.0. The third-order valence-corrected chi connectivity index (χ3v) is 1.48. The third kappa shape index (κ3) is 6.64. The molecule has 0 saturated carbocycles. The minimum absolute atomic E-state index is 0.0793. The summed E-state index contributed by atoms with van der Waals surface area (Å²) in [7, 11) is 0. The molecule has 0 aliphatic rings. The van der Waals surface area contributed by atoms with Gasteiger partial charge in [-0.1, -0.05) is 59.2 Å². The smallest absolute Gasteiger partial charge is 0.126 e. The average molecular weight is 198 g/mol. The van der Waals surface area contributed by atoms with Crippen molar-refractivity contribution in [2.75, 3.05) is 0 Å². The van der Waals surface area contributed by atoms with Gasteiger partial charge in [0.15, 0.2) is 0 Å². The molecule has 1 heteroatoms. The van der Waals surface area contributed by atoms with Crippen LogP contribution in [0.25, 0.3) is 0 Å². The fourth-order valence-electron chi connectivity index (χ4n) is 0.970. The standard InChI is InChI=1S/C9H11F.2C2H6/c1-2-5-8-6-3-4-7-9(8)10;2*1-2/h3-4,6-7H,2,5H2,1H3;2*1-2H3. The Kier molecular flexibility index (Phi) is 13.6. The minimum Gasteiger partial charge on any atom is -0.207 e. The van der Waals surface area contributed by atoms with Crippen molar-refractivity contribution < 1.29 is 4.39 Å². The predicted octanol–water partition coefficient (Wildman–Crippen LogP) is 4.83. The molecule has 82 valence electrons. The van der Waals surface area contributed by atoms with E-state index in [4.69, 9.17) is 0 Å². The summed E-state index contributed by atoms with van der Waals surface area (Å²) in [4.78, 5) is 0. The average Bonchev–Trinajstić information content (AvgIpc) is 2.28. The second kappa shape index (κ2) is 12.2. The molecule has 0 bridgehead atoms. The van der Waals surface area contributed by atoms with Crippen LogP contribution in [0.5, 0.6) is 0 Å². The molecule has 1 aromatic rings. The van der Waals surface area contributed by atoms with Crippen LogP contribution in [0.2, 0.25) is 0 Å². The van der Waals surface area contributed by atoms with E-state index in [-0.39, 0.29) is 5.82 Å². The number of aryl methyl sites for hydroxylation is 1. The largest absolute Gasteiger partial charge is 0.207 e. The summed E-state index contributed by atoms with van der Waals surface area (Å²) in [5.41, 5.74) is 0.824. The molecule has 0 aromatic heterocycles. The molecule has 0 saturated heterocycles. The van der Waals surface area contributed by atoms with Gasteiger partial charge in [0.05, 0.1) is 0 Å². The fourth-order valence-corrected chi connectivity index (χ4v) is 0.970. The van der Waals surface area contributed by atoms with Gasteiger partial charge in [0, 0.05) is 0 Å². The second-order valence-corrected chi connectivity index (χ2v) is 2.34. The van der Waals surface area contributed by atoms with Crippen molar-refractivity contribution in [2.24, 2.45) is 0 Å². The SMILES string of the molecule is CC.CC.CCCc1ccccc1F. The Labute approximate surface area is 88.2 Å². The zero-order chi connectivity index (χ0) is 11.4. The van der Waals surface area contributed by atoms with E-state index >= 15 is 0 Å². The molecule has 1 aromatic carbocycles. The van der Waals surface area contributed by atoms with Gasteiger partial charge in [0.1, 0.15) is 5.82 Å². The van der Waals surface area contributed by atoms with Crippen molar-refractivity contribution in [1.29, 1.82) is 0 Å². The van der Waals surface area contributed by atoms with Gasteiger partial charge in [-0.3, -0.25) is 0 Å². The Morgan fingerprint density at radius 2 is 1.50 bits per heavy atom. The van der Waals surface area contributed by atoms with Crippen LogP contribution in [-0.4, -0.2) is 0 Å². The summed E-state index contributed by atoms with van der Waals surface area (Å²) in [5.74, 6) is -0.0793. The van der Waals surface area contributed by atoms with Crippen LogP contribution in [0.15, 0.2) is 24.3 Å². The molecular formula is C13H23F. The third-order valence-electron chi connectivity index (χ3n) is 1.48. The zero-order valence-electron chi connectivity index (χ0n) is 10.1. The normalized spacial score (nSPS) is 7.86. The molecule has 14 heavy (non-hydrogen) atoms. The van der Waals surface area contributed by atoms with Crippen LogP contribution in [0.4, 0.5) is 4.39 Å². The Balaban J connectivity index is 0. The maximum absolute atomic E-state index is 12.8. The van der Waals surface area contributed by atoms with Crippen LogP contribution in [-0.2, 0) is 6.42 Å². The molecule has 0 nitrogen and oxygen atoms in total. The van der Waals surface area contributed by atoms with E-state index in [1.165, 1.54) is 6.07 Å². The van der Waals surface area contributed by atoms with Gasteiger partial charge < -0.3 is 0 Å². The van der Waals surface area contributed by atoms with E-state index < -0.39 is 0 Å². The maximum Gasteiger partial charge on any atom is 0.126 e. The molecule has 0 amide bonds. The van der Waals surface area contributed by atoms with E-state index in [1.807, 2.05) is 46.8 Å². The highest BCUT2D eigenvalue weighted by molar-refractivity contribution is 5.16. The van der Waals surface area contributed by atoms with Gasteiger partial charge in [0.25, 0.3) is 0 Å². The van der Waals surface area contributed by atoms with Gasteiger partial charge in [-0.25, -0.2) is 4.39 Å². The fraction of sp³-hybridized carbons (Fsp3) is 0.538. The van der Waals surface area contributed by atoms with Crippen molar-refractivity contribution >= 4 is 0 Å². The molecule has 0 aliphatic carbocycles. The van der Waals surface area contributed by atoms with Gasteiger partial charge in [-0.15, -0.1) is 0 Å². The van der Waals surface area contributed by atoms with Crippen molar-refractivity contribution in [3.63, 3.8) is 0 Å². The zero-order valence-corrected chi connectivity index (χ0v) is 10.1. The number of hydrogen-bond acceptors (Lipinski definition) is 0. The molecule has 0 atom stereocenters. The van der Waals surface area contributed by atoms with Crippen molar-refractivity contribution in [1.82, 2.24) is 0 Å². The predicted molar refractivity (Wildman–Crippen MR) is 63.1 cm³/mol. The lowest BCUT2D eigenvalue weighted by Crippen LogP contribution is -1.86. The van der Waals surface area contributed by atoms with Crippen molar-refractivity contribution in [2.45, 2.75) is 47.5 Å². The Morgan fingerprint density at radius 3 is 1.93 bits per heavy atom. The molecule has 0 unspecified atom stereocenters. The Morgan fingerprint density at radius 1 is 1.00 bits per heavy atom. The summed E-state index contributed by atoms with van der Waals surface area (Å²) < 4.78 is 12.8. The first-order chi connectivity index (χ1) is 6.84. The first kappa shape index (κ1) is 15.6. The molecule has 0 spiro atoms. The summed E-state index contributed by atoms with van der Waals surface area (Å²) in [5, 5.41) is 0. The molecule has 0 heterocycles. The summed E-state index contributed by atoms with van der Waals surface area (Å²) in [6.07, 6.45) is 1.84. The van der Waals surface area contributed by atoms with Gasteiger partial charge >= 0.3 is 0 Å². The van der Waals surface area contributed by atoms with E-state index in [0.717, 1.165) is 18.4 Å². The maximum atomic E-state index is 12.8. The Hall–Kier alpha value is -0.850. The van der Waals surface area contributed by atoms with Crippen LogP contribution in [0.3, 0.4) is 0 Å².